The van der Waals surface area contributed by atoms with Crippen molar-refractivity contribution in [1.82, 2.24) is 9.80 Å². The summed E-state index contributed by atoms with van der Waals surface area (Å²) in [5, 5.41) is 0. The van der Waals surface area contributed by atoms with Crippen LogP contribution >= 0.6 is 0 Å². The van der Waals surface area contributed by atoms with Crippen LogP contribution in [0.5, 0.6) is 0 Å². The number of hydrogen-bond acceptors (Lipinski definition) is 4. The van der Waals surface area contributed by atoms with Gasteiger partial charge in [0.1, 0.15) is 0 Å². The number of piperidine rings is 1. The number of amides is 1. The molecule has 5 heteroatoms. The highest BCUT2D eigenvalue weighted by atomic mass is 16.5. The SMILES string of the molecule is COC(=O)C1CCN(C(=O)[C@@H](C)N2CC=C(C(C)(C)C)CC2)CC1. The molecular formula is C19H32N2O3. The third-order valence-electron chi connectivity index (χ3n) is 5.45. The number of likely N-dealkylation sites (tertiary alicyclic amines) is 1. The predicted octanol–water partition coefficient (Wildman–Crippen LogP) is 2.46. The first-order valence-corrected chi connectivity index (χ1v) is 9.04. The van der Waals surface area contributed by atoms with Gasteiger partial charge in [-0.15, -0.1) is 0 Å². The van der Waals surface area contributed by atoms with E-state index in [0.717, 1.165) is 19.5 Å². The molecule has 2 rings (SSSR count). The van der Waals surface area contributed by atoms with Crippen molar-refractivity contribution in [3.63, 3.8) is 0 Å². The van der Waals surface area contributed by atoms with Gasteiger partial charge in [-0.2, -0.15) is 0 Å². The second-order valence-corrected chi connectivity index (χ2v) is 8.02. The minimum Gasteiger partial charge on any atom is -0.469 e. The summed E-state index contributed by atoms with van der Waals surface area (Å²) in [5.41, 5.74) is 1.70. The molecule has 2 aliphatic heterocycles. The molecular weight excluding hydrogens is 304 g/mol. The molecule has 1 atom stereocenters. The Labute approximate surface area is 146 Å². The average Bonchev–Trinajstić information content (AvgIpc) is 2.59. The van der Waals surface area contributed by atoms with Crippen LogP contribution in [0.15, 0.2) is 11.6 Å². The van der Waals surface area contributed by atoms with Gasteiger partial charge in [-0.3, -0.25) is 14.5 Å². The molecule has 0 unspecified atom stereocenters. The fourth-order valence-corrected chi connectivity index (χ4v) is 3.64. The first-order chi connectivity index (χ1) is 11.2. The molecule has 0 spiro atoms. The Hall–Kier alpha value is -1.36. The van der Waals surface area contributed by atoms with Gasteiger partial charge in [-0.25, -0.2) is 0 Å². The van der Waals surface area contributed by atoms with Crippen LogP contribution in [0, 0.1) is 11.3 Å². The van der Waals surface area contributed by atoms with E-state index in [9.17, 15) is 9.59 Å². The molecule has 1 saturated heterocycles. The first-order valence-electron chi connectivity index (χ1n) is 9.04. The van der Waals surface area contributed by atoms with Crippen LogP contribution in [0.1, 0.15) is 47.0 Å². The first kappa shape index (κ1) is 19.0. The summed E-state index contributed by atoms with van der Waals surface area (Å²) < 4.78 is 4.81. The highest BCUT2D eigenvalue weighted by molar-refractivity contribution is 5.82. The van der Waals surface area contributed by atoms with E-state index in [0.29, 0.717) is 25.9 Å². The monoisotopic (exact) mass is 336 g/mol. The summed E-state index contributed by atoms with van der Waals surface area (Å²) in [5.74, 6) is -0.0152. The molecule has 0 N–H and O–H groups in total. The standard InChI is InChI=1S/C19H32N2O3/c1-14(20-12-8-16(9-13-20)19(2,3)4)17(22)21-10-6-15(7-11-21)18(23)24-5/h8,14-15H,6-7,9-13H2,1-5H3/t14-/m1/s1. The molecule has 0 aromatic heterocycles. The van der Waals surface area contributed by atoms with E-state index in [4.69, 9.17) is 4.74 Å². The van der Waals surface area contributed by atoms with Crippen molar-refractivity contribution in [2.75, 3.05) is 33.3 Å². The zero-order valence-corrected chi connectivity index (χ0v) is 15.8. The predicted molar refractivity (Wildman–Crippen MR) is 94.5 cm³/mol. The van der Waals surface area contributed by atoms with Crippen molar-refractivity contribution in [3.8, 4) is 0 Å². The molecule has 24 heavy (non-hydrogen) atoms. The lowest BCUT2D eigenvalue weighted by Crippen LogP contribution is -2.51. The van der Waals surface area contributed by atoms with Crippen molar-refractivity contribution in [2.24, 2.45) is 11.3 Å². The highest BCUT2D eigenvalue weighted by Gasteiger charge is 2.32. The number of rotatable bonds is 3. The summed E-state index contributed by atoms with van der Waals surface area (Å²) in [6, 6.07) is -0.0996. The minimum atomic E-state index is -0.147. The molecule has 0 aliphatic carbocycles. The van der Waals surface area contributed by atoms with Gasteiger partial charge in [0.25, 0.3) is 0 Å². The van der Waals surface area contributed by atoms with Crippen LogP contribution in [-0.4, -0.2) is 61.0 Å². The van der Waals surface area contributed by atoms with Crippen LogP contribution < -0.4 is 0 Å². The molecule has 2 heterocycles. The Morgan fingerprint density at radius 3 is 2.29 bits per heavy atom. The second kappa shape index (κ2) is 7.68. The number of nitrogens with zero attached hydrogens (tertiary/aromatic N) is 2. The van der Waals surface area contributed by atoms with Gasteiger partial charge in [0, 0.05) is 26.2 Å². The smallest absolute Gasteiger partial charge is 0.308 e. The molecule has 1 amide bonds. The zero-order valence-electron chi connectivity index (χ0n) is 15.8. The van der Waals surface area contributed by atoms with E-state index in [1.807, 2.05) is 11.8 Å². The number of esters is 1. The normalized spacial score (nSPS) is 22.0. The molecule has 2 aliphatic rings. The number of carbonyl (C=O) groups is 2. The van der Waals surface area contributed by atoms with E-state index < -0.39 is 0 Å². The van der Waals surface area contributed by atoms with Crippen molar-refractivity contribution in [2.45, 2.75) is 53.0 Å². The third kappa shape index (κ3) is 4.38. The summed E-state index contributed by atoms with van der Waals surface area (Å²) in [4.78, 5) is 28.5. The van der Waals surface area contributed by atoms with E-state index in [1.54, 1.807) is 0 Å². The zero-order chi connectivity index (χ0) is 17.9. The Bertz CT molecular complexity index is 499. The number of carbonyl (C=O) groups excluding carboxylic acids is 2. The Morgan fingerprint density at radius 2 is 1.83 bits per heavy atom. The highest BCUT2D eigenvalue weighted by Crippen LogP contribution is 2.30. The fraction of sp³-hybridized carbons (Fsp3) is 0.789. The maximum absolute atomic E-state index is 12.8. The molecule has 0 bridgehead atoms. The van der Waals surface area contributed by atoms with Gasteiger partial charge in [0.15, 0.2) is 0 Å². The molecule has 1 fully saturated rings. The largest absolute Gasteiger partial charge is 0.469 e. The molecule has 136 valence electrons. The van der Waals surface area contributed by atoms with Crippen molar-refractivity contribution in [1.29, 1.82) is 0 Å². The number of hydrogen-bond donors (Lipinski definition) is 0. The van der Waals surface area contributed by atoms with Crippen molar-refractivity contribution < 1.29 is 14.3 Å². The van der Waals surface area contributed by atoms with Crippen LogP contribution in [0.25, 0.3) is 0 Å². The summed E-state index contributed by atoms with van der Waals surface area (Å²) in [7, 11) is 1.43. The van der Waals surface area contributed by atoms with Gasteiger partial charge < -0.3 is 9.64 Å². The van der Waals surface area contributed by atoms with Crippen LogP contribution in [0.4, 0.5) is 0 Å². The molecule has 0 aromatic carbocycles. The third-order valence-corrected chi connectivity index (χ3v) is 5.45. The Kier molecular flexibility index (Phi) is 6.07. The van der Waals surface area contributed by atoms with E-state index in [-0.39, 0.29) is 29.3 Å². The maximum atomic E-state index is 12.8. The summed E-state index contributed by atoms with van der Waals surface area (Å²) in [6.45, 7) is 11.8. The van der Waals surface area contributed by atoms with Crippen molar-refractivity contribution in [3.05, 3.63) is 11.6 Å². The van der Waals surface area contributed by atoms with E-state index in [2.05, 4.69) is 31.7 Å². The van der Waals surface area contributed by atoms with Crippen LogP contribution in [-0.2, 0) is 14.3 Å². The Balaban J connectivity index is 1.88. The topological polar surface area (TPSA) is 49.9 Å². The maximum Gasteiger partial charge on any atom is 0.308 e. The summed E-state index contributed by atoms with van der Waals surface area (Å²) in [6.07, 6.45) is 4.74. The molecule has 5 nitrogen and oxygen atoms in total. The van der Waals surface area contributed by atoms with Gasteiger partial charge in [-0.05, 0) is 31.6 Å². The minimum absolute atomic E-state index is 0.0541. The van der Waals surface area contributed by atoms with E-state index >= 15 is 0 Å². The van der Waals surface area contributed by atoms with Crippen molar-refractivity contribution >= 4 is 11.9 Å². The Morgan fingerprint density at radius 1 is 1.21 bits per heavy atom. The lowest BCUT2D eigenvalue weighted by atomic mass is 9.83. The fourth-order valence-electron chi connectivity index (χ4n) is 3.64. The second-order valence-electron chi connectivity index (χ2n) is 8.02. The molecule has 0 aromatic rings. The van der Waals surface area contributed by atoms with Crippen LogP contribution in [0.2, 0.25) is 0 Å². The lowest BCUT2D eigenvalue weighted by Gasteiger charge is -2.38. The number of methoxy groups -OCH3 is 1. The van der Waals surface area contributed by atoms with Gasteiger partial charge in [0.2, 0.25) is 5.91 Å². The quantitative estimate of drug-likeness (QED) is 0.587. The van der Waals surface area contributed by atoms with E-state index in [1.165, 1.54) is 12.7 Å². The van der Waals surface area contributed by atoms with Gasteiger partial charge >= 0.3 is 5.97 Å². The van der Waals surface area contributed by atoms with Gasteiger partial charge in [0.05, 0.1) is 19.1 Å². The molecule has 0 saturated carbocycles. The molecule has 0 radical (unpaired) electrons. The summed E-state index contributed by atoms with van der Waals surface area (Å²) >= 11 is 0. The lowest BCUT2D eigenvalue weighted by molar-refractivity contribution is -0.149. The number of ether oxygens (including phenoxy) is 1. The average molecular weight is 336 g/mol. The van der Waals surface area contributed by atoms with Gasteiger partial charge in [-0.1, -0.05) is 32.4 Å². The van der Waals surface area contributed by atoms with Crippen LogP contribution in [0.3, 0.4) is 0 Å².